The first-order valence-corrected chi connectivity index (χ1v) is 11.0. The molecule has 0 spiro atoms. The van der Waals surface area contributed by atoms with Crippen molar-refractivity contribution in [3.05, 3.63) is 88.4 Å². The Morgan fingerprint density at radius 1 is 1.12 bits per heavy atom. The fourth-order valence-corrected chi connectivity index (χ4v) is 4.25. The number of pyridine rings is 1. The molecule has 4 rings (SSSR count). The zero-order valence-corrected chi connectivity index (χ0v) is 17.8. The molecule has 1 N–H and O–H groups in total. The smallest absolute Gasteiger partial charge is 0.270 e. The fourth-order valence-electron chi connectivity index (χ4n) is 3.23. The molecule has 0 bridgehead atoms. The Morgan fingerprint density at radius 2 is 1.91 bits per heavy atom. The molecule has 0 atom stereocenters. The number of methoxy groups -OCH3 is 1. The van der Waals surface area contributed by atoms with Gasteiger partial charge in [-0.25, -0.2) is 23.1 Å². The number of aromatic nitrogens is 3. The number of benzene rings is 2. The Balaban J connectivity index is 1.63. The third-order valence-electron chi connectivity index (χ3n) is 4.84. The second-order valence-electron chi connectivity index (χ2n) is 6.89. The first-order chi connectivity index (χ1) is 15.4. The molecule has 0 unspecified atom stereocenters. The van der Waals surface area contributed by atoms with Crippen LogP contribution >= 0.6 is 0 Å². The lowest BCUT2D eigenvalue weighted by Crippen LogP contribution is -2.25. The van der Waals surface area contributed by atoms with Crippen LogP contribution in [-0.2, 0) is 23.1 Å². The van der Waals surface area contributed by atoms with Crippen molar-refractivity contribution in [1.29, 1.82) is 0 Å². The molecule has 2 heterocycles. The minimum Gasteiger partial charge on any atom is -0.497 e. The highest BCUT2D eigenvalue weighted by Crippen LogP contribution is 2.20. The maximum atomic E-state index is 12.7. The molecule has 0 radical (unpaired) electrons. The van der Waals surface area contributed by atoms with Gasteiger partial charge in [-0.2, -0.15) is 0 Å². The first-order valence-electron chi connectivity index (χ1n) is 9.54. The molecule has 32 heavy (non-hydrogen) atoms. The molecule has 0 saturated carbocycles. The average molecular weight is 453 g/mol. The van der Waals surface area contributed by atoms with Gasteiger partial charge in [-0.1, -0.05) is 18.2 Å². The molecule has 0 saturated heterocycles. The monoisotopic (exact) mass is 453 g/mol. The molecule has 164 valence electrons. The van der Waals surface area contributed by atoms with E-state index in [4.69, 9.17) is 4.74 Å². The Kier molecular flexibility index (Phi) is 5.84. The number of rotatable bonds is 8. The van der Waals surface area contributed by atoms with Gasteiger partial charge in [0, 0.05) is 18.3 Å². The predicted octanol–water partition coefficient (Wildman–Crippen LogP) is 2.87. The van der Waals surface area contributed by atoms with E-state index in [1.165, 1.54) is 18.2 Å². The summed E-state index contributed by atoms with van der Waals surface area (Å²) in [6, 6.07) is 15.9. The van der Waals surface area contributed by atoms with Crippen LogP contribution in [0.25, 0.3) is 11.2 Å². The maximum Gasteiger partial charge on any atom is 0.270 e. The van der Waals surface area contributed by atoms with Crippen molar-refractivity contribution < 1.29 is 18.1 Å². The van der Waals surface area contributed by atoms with Crippen LogP contribution in [-0.4, -0.2) is 35.0 Å². The van der Waals surface area contributed by atoms with Crippen LogP contribution in [0.4, 0.5) is 5.69 Å². The average Bonchev–Trinajstić information content (AvgIpc) is 3.16. The van der Waals surface area contributed by atoms with Crippen LogP contribution in [0.15, 0.2) is 71.8 Å². The molecule has 11 heteroatoms. The van der Waals surface area contributed by atoms with Gasteiger partial charge in [0.15, 0.2) is 5.65 Å². The van der Waals surface area contributed by atoms with Crippen LogP contribution in [0, 0.1) is 10.1 Å². The number of fused-ring (bicyclic) bond motifs is 1. The van der Waals surface area contributed by atoms with Crippen molar-refractivity contribution in [3.63, 3.8) is 0 Å². The topological polar surface area (TPSA) is 129 Å². The number of sulfonamides is 1. The van der Waals surface area contributed by atoms with E-state index in [9.17, 15) is 18.5 Å². The lowest BCUT2D eigenvalue weighted by molar-refractivity contribution is -0.385. The summed E-state index contributed by atoms with van der Waals surface area (Å²) in [5.41, 5.74) is 1.90. The number of nitro groups is 1. The SMILES string of the molecule is COc1ccc(Cn2c(CNS(=O)(=O)c3cccc([N+](=O)[O-])c3)nc3cccnc32)cc1. The Labute approximate surface area is 183 Å². The maximum absolute atomic E-state index is 12.7. The normalized spacial score (nSPS) is 11.5. The molecule has 0 aliphatic carbocycles. The van der Waals surface area contributed by atoms with E-state index in [-0.39, 0.29) is 17.1 Å². The van der Waals surface area contributed by atoms with Gasteiger partial charge >= 0.3 is 0 Å². The van der Waals surface area contributed by atoms with Gasteiger partial charge in [0.05, 0.1) is 30.0 Å². The molecular weight excluding hydrogens is 434 g/mol. The van der Waals surface area contributed by atoms with E-state index in [0.29, 0.717) is 23.5 Å². The molecule has 10 nitrogen and oxygen atoms in total. The van der Waals surface area contributed by atoms with E-state index < -0.39 is 14.9 Å². The fraction of sp³-hybridized carbons (Fsp3) is 0.143. The summed E-state index contributed by atoms with van der Waals surface area (Å²) >= 11 is 0. The second-order valence-corrected chi connectivity index (χ2v) is 8.65. The third kappa shape index (κ3) is 4.43. The van der Waals surface area contributed by atoms with Gasteiger partial charge in [0.2, 0.25) is 10.0 Å². The number of nitro benzene ring substituents is 1. The van der Waals surface area contributed by atoms with E-state index in [1.807, 2.05) is 28.8 Å². The summed E-state index contributed by atoms with van der Waals surface area (Å²) in [7, 11) is -2.40. The first kappa shape index (κ1) is 21.4. The van der Waals surface area contributed by atoms with E-state index in [2.05, 4.69) is 14.7 Å². The van der Waals surface area contributed by atoms with Gasteiger partial charge < -0.3 is 9.30 Å². The highest BCUT2D eigenvalue weighted by Gasteiger charge is 2.20. The standard InChI is InChI=1S/C21H19N5O5S/c1-31-17-9-7-15(8-10-17)14-25-20(24-19-6-3-11-22-21(19)25)13-23-32(29,30)18-5-2-4-16(12-18)26(27)28/h2-12,23H,13-14H2,1H3. The molecule has 2 aromatic carbocycles. The van der Waals surface area contributed by atoms with Gasteiger partial charge in [0.1, 0.15) is 17.1 Å². The van der Waals surface area contributed by atoms with Crippen LogP contribution in [0.2, 0.25) is 0 Å². The summed E-state index contributed by atoms with van der Waals surface area (Å²) in [4.78, 5) is 19.1. The number of nitrogens with zero attached hydrogens (tertiary/aromatic N) is 4. The summed E-state index contributed by atoms with van der Waals surface area (Å²) < 4.78 is 35.0. The van der Waals surface area contributed by atoms with Crippen LogP contribution in [0.1, 0.15) is 11.4 Å². The number of imidazole rings is 1. The minimum atomic E-state index is -4.00. The van der Waals surface area contributed by atoms with Crippen molar-refractivity contribution in [2.45, 2.75) is 18.0 Å². The lowest BCUT2D eigenvalue weighted by Gasteiger charge is -2.11. The largest absolute Gasteiger partial charge is 0.497 e. The molecule has 0 amide bonds. The summed E-state index contributed by atoms with van der Waals surface area (Å²) in [6.07, 6.45) is 1.64. The molecule has 0 aliphatic heterocycles. The van der Waals surface area contributed by atoms with Crippen molar-refractivity contribution in [2.75, 3.05) is 7.11 Å². The number of non-ortho nitro benzene ring substituents is 1. The van der Waals surface area contributed by atoms with Crippen molar-refractivity contribution in [3.8, 4) is 5.75 Å². The molecular formula is C21H19N5O5S. The van der Waals surface area contributed by atoms with Crippen LogP contribution in [0.5, 0.6) is 5.75 Å². The summed E-state index contributed by atoms with van der Waals surface area (Å²) in [5, 5.41) is 11.0. The van der Waals surface area contributed by atoms with Gasteiger partial charge in [-0.3, -0.25) is 10.1 Å². The summed E-state index contributed by atoms with van der Waals surface area (Å²) in [6.45, 7) is 0.308. The molecule has 0 fully saturated rings. The number of hydrogen-bond acceptors (Lipinski definition) is 7. The van der Waals surface area contributed by atoms with E-state index in [1.54, 1.807) is 25.4 Å². The van der Waals surface area contributed by atoms with E-state index >= 15 is 0 Å². The zero-order chi connectivity index (χ0) is 22.7. The van der Waals surface area contributed by atoms with Gasteiger partial charge in [-0.15, -0.1) is 0 Å². The second kappa shape index (κ2) is 8.73. The van der Waals surface area contributed by atoms with Crippen molar-refractivity contribution in [2.24, 2.45) is 0 Å². The zero-order valence-electron chi connectivity index (χ0n) is 17.0. The molecule has 4 aromatic rings. The van der Waals surface area contributed by atoms with E-state index in [0.717, 1.165) is 17.4 Å². The number of hydrogen-bond donors (Lipinski definition) is 1. The lowest BCUT2D eigenvalue weighted by atomic mass is 10.2. The van der Waals surface area contributed by atoms with Gasteiger partial charge in [0.25, 0.3) is 5.69 Å². The van der Waals surface area contributed by atoms with Crippen molar-refractivity contribution in [1.82, 2.24) is 19.3 Å². The van der Waals surface area contributed by atoms with Crippen molar-refractivity contribution >= 4 is 26.9 Å². The third-order valence-corrected chi connectivity index (χ3v) is 6.24. The van der Waals surface area contributed by atoms with Crippen LogP contribution in [0.3, 0.4) is 0 Å². The molecule has 0 aliphatic rings. The quantitative estimate of drug-likeness (QED) is 0.321. The Morgan fingerprint density at radius 3 is 2.62 bits per heavy atom. The van der Waals surface area contributed by atoms with Crippen LogP contribution < -0.4 is 9.46 Å². The molecule has 2 aromatic heterocycles. The highest BCUT2D eigenvalue weighted by molar-refractivity contribution is 7.89. The van der Waals surface area contributed by atoms with Gasteiger partial charge in [-0.05, 0) is 35.9 Å². The Bertz CT molecular complexity index is 1380. The summed E-state index contributed by atoms with van der Waals surface area (Å²) in [5.74, 6) is 1.19. The predicted molar refractivity (Wildman–Crippen MR) is 117 cm³/mol. The number of nitrogens with one attached hydrogen (secondary N) is 1. The Hall–Kier alpha value is -3.83. The number of ether oxygens (including phenoxy) is 1. The minimum absolute atomic E-state index is 0.114. The highest BCUT2D eigenvalue weighted by atomic mass is 32.2.